The maximum atomic E-state index is 9.64. The third-order valence-electron chi connectivity index (χ3n) is 4.05. The molecule has 0 radical (unpaired) electrons. The molecular formula is C15H17N3O. The average Bonchev–Trinajstić information content (AvgIpc) is 3.05. The molecule has 3 rings (SSSR count). The molecule has 1 aliphatic carbocycles. The molecule has 1 fully saturated rings. The molecule has 98 valence electrons. The normalized spacial score (nSPS) is 17.7. The molecule has 1 aliphatic rings. The summed E-state index contributed by atoms with van der Waals surface area (Å²) in [6, 6.07) is 6.50. The van der Waals surface area contributed by atoms with Gasteiger partial charge in [0.05, 0.1) is 12.7 Å². The van der Waals surface area contributed by atoms with Gasteiger partial charge < -0.3 is 9.30 Å². The molecule has 0 saturated heterocycles. The molecule has 4 heteroatoms. The predicted molar refractivity (Wildman–Crippen MR) is 72.5 cm³/mol. The van der Waals surface area contributed by atoms with Gasteiger partial charge in [-0.25, -0.2) is 4.98 Å². The van der Waals surface area contributed by atoms with Crippen molar-refractivity contribution in [1.29, 1.82) is 5.26 Å². The molecule has 0 spiro atoms. The number of ether oxygens (including phenoxy) is 1. The fourth-order valence-electron chi connectivity index (χ4n) is 3.09. The summed E-state index contributed by atoms with van der Waals surface area (Å²) in [7, 11) is 1.69. The second kappa shape index (κ2) is 4.67. The van der Waals surface area contributed by atoms with Crippen LogP contribution in [0.1, 0.15) is 31.2 Å². The molecular weight excluding hydrogens is 238 g/mol. The summed E-state index contributed by atoms with van der Waals surface area (Å²) in [6.07, 6.45) is 7.89. The maximum Gasteiger partial charge on any atom is 0.141 e. The van der Waals surface area contributed by atoms with Crippen LogP contribution in [0.4, 0.5) is 0 Å². The summed E-state index contributed by atoms with van der Waals surface area (Å²) in [6.45, 7) is 0.552. The topological polar surface area (TPSA) is 50.8 Å². The van der Waals surface area contributed by atoms with Crippen LogP contribution in [0, 0.1) is 11.3 Å². The molecule has 1 saturated carbocycles. The molecule has 0 aromatic carbocycles. The molecule has 0 N–H and O–H groups in total. The Balaban J connectivity index is 2.21. The van der Waals surface area contributed by atoms with Gasteiger partial charge in [-0.1, -0.05) is 0 Å². The van der Waals surface area contributed by atoms with Crippen molar-refractivity contribution in [3.8, 4) is 6.07 Å². The van der Waals surface area contributed by atoms with E-state index in [2.05, 4.69) is 21.8 Å². The van der Waals surface area contributed by atoms with Crippen LogP contribution in [-0.2, 0) is 16.9 Å². The first-order chi connectivity index (χ1) is 9.30. The summed E-state index contributed by atoms with van der Waals surface area (Å²) in [5.41, 5.74) is 1.59. The number of fused-ring (bicyclic) bond motifs is 1. The zero-order valence-corrected chi connectivity index (χ0v) is 11.1. The van der Waals surface area contributed by atoms with Crippen LogP contribution in [-0.4, -0.2) is 16.7 Å². The van der Waals surface area contributed by atoms with Crippen molar-refractivity contribution >= 4 is 11.0 Å². The number of hydrogen-bond acceptors (Lipinski definition) is 3. The summed E-state index contributed by atoms with van der Waals surface area (Å²) >= 11 is 0. The first kappa shape index (κ1) is 12.2. The minimum atomic E-state index is -0.418. The first-order valence-electron chi connectivity index (χ1n) is 6.66. The van der Waals surface area contributed by atoms with Crippen LogP contribution in [0.25, 0.3) is 11.0 Å². The highest BCUT2D eigenvalue weighted by molar-refractivity contribution is 5.80. The Morgan fingerprint density at radius 2 is 2.26 bits per heavy atom. The number of nitrogens with zero attached hydrogens (tertiary/aromatic N) is 3. The monoisotopic (exact) mass is 255 g/mol. The zero-order valence-electron chi connectivity index (χ0n) is 11.1. The summed E-state index contributed by atoms with van der Waals surface area (Å²) in [4.78, 5) is 4.48. The second-order valence-corrected chi connectivity index (χ2v) is 5.18. The number of methoxy groups -OCH3 is 1. The van der Waals surface area contributed by atoms with Crippen molar-refractivity contribution in [1.82, 2.24) is 9.55 Å². The number of aromatic nitrogens is 2. The minimum absolute atomic E-state index is 0.418. The zero-order chi connectivity index (χ0) is 13.3. The lowest BCUT2D eigenvalue weighted by atomic mass is 10.00. The van der Waals surface area contributed by atoms with E-state index in [1.807, 2.05) is 12.1 Å². The molecule has 0 bridgehead atoms. The van der Waals surface area contributed by atoms with Gasteiger partial charge in [-0.2, -0.15) is 5.26 Å². The van der Waals surface area contributed by atoms with E-state index in [-0.39, 0.29) is 0 Å². The van der Waals surface area contributed by atoms with E-state index < -0.39 is 5.54 Å². The third kappa shape index (κ3) is 1.82. The van der Waals surface area contributed by atoms with E-state index in [4.69, 9.17) is 4.74 Å². The predicted octanol–water partition coefficient (Wildman–Crippen LogP) is 2.98. The van der Waals surface area contributed by atoms with Gasteiger partial charge in [0, 0.05) is 30.5 Å². The number of nitriles is 1. The van der Waals surface area contributed by atoms with Crippen molar-refractivity contribution in [3.05, 3.63) is 30.1 Å². The highest BCUT2D eigenvalue weighted by atomic mass is 16.5. The van der Waals surface area contributed by atoms with Gasteiger partial charge in [0.25, 0.3) is 0 Å². The first-order valence-corrected chi connectivity index (χ1v) is 6.66. The third-order valence-corrected chi connectivity index (χ3v) is 4.05. The van der Waals surface area contributed by atoms with Gasteiger partial charge in [0.2, 0.25) is 0 Å². The van der Waals surface area contributed by atoms with Crippen molar-refractivity contribution in [2.75, 3.05) is 7.11 Å². The maximum absolute atomic E-state index is 9.64. The molecule has 0 atom stereocenters. The Morgan fingerprint density at radius 3 is 2.95 bits per heavy atom. The van der Waals surface area contributed by atoms with Crippen molar-refractivity contribution in [3.63, 3.8) is 0 Å². The van der Waals surface area contributed by atoms with Crippen LogP contribution in [0.2, 0.25) is 0 Å². The average molecular weight is 255 g/mol. The fourth-order valence-corrected chi connectivity index (χ4v) is 3.09. The lowest BCUT2D eigenvalue weighted by Crippen LogP contribution is -2.27. The molecule has 4 nitrogen and oxygen atoms in total. The Labute approximate surface area is 112 Å². The minimum Gasteiger partial charge on any atom is -0.380 e. The van der Waals surface area contributed by atoms with E-state index in [0.29, 0.717) is 6.61 Å². The van der Waals surface area contributed by atoms with Gasteiger partial charge >= 0.3 is 0 Å². The molecule has 2 aromatic heterocycles. The fraction of sp³-hybridized carbons (Fsp3) is 0.467. The van der Waals surface area contributed by atoms with Gasteiger partial charge in [-0.15, -0.1) is 0 Å². The van der Waals surface area contributed by atoms with Crippen molar-refractivity contribution in [2.24, 2.45) is 0 Å². The number of pyridine rings is 1. The van der Waals surface area contributed by atoms with Crippen LogP contribution in [0.3, 0.4) is 0 Å². The van der Waals surface area contributed by atoms with Crippen molar-refractivity contribution in [2.45, 2.75) is 37.8 Å². The van der Waals surface area contributed by atoms with Gasteiger partial charge in [0.1, 0.15) is 11.2 Å². The van der Waals surface area contributed by atoms with E-state index in [1.165, 1.54) is 0 Å². The van der Waals surface area contributed by atoms with Crippen molar-refractivity contribution < 1.29 is 4.74 Å². The quantitative estimate of drug-likeness (QED) is 0.847. The van der Waals surface area contributed by atoms with Gasteiger partial charge in [-0.3, -0.25) is 0 Å². The van der Waals surface area contributed by atoms with E-state index >= 15 is 0 Å². The number of hydrogen-bond donors (Lipinski definition) is 0. The van der Waals surface area contributed by atoms with Gasteiger partial charge in [-0.05, 0) is 37.8 Å². The largest absolute Gasteiger partial charge is 0.380 e. The summed E-state index contributed by atoms with van der Waals surface area (Å²) in [5.74, 6) is 0. The van der Waals surface area contributed by atoms with E-state index in [0.717, 1.165) is 42.3 Å². The smallest absolute Gasteiger partial charge is 0.141 e. The SMILES string of the molecule is COCc1cn(C2(C#N)CCCC2)c2ncccc12. The molecule has 2 aromatic rings. The van der Waals surface area contributed by atoms with Gasteiger partial charge in [0.15, 0.2) is 0 Å². The highest BCUT2D eigenvalue weighted by Gasteiger charge is 2.37. The van der Waals surface area contributed by atoms with Crippen LogP contribution >= 0.6 is 0 Å². The second-order valence-electron chi connectivity index (χ2n) is 5.18. The molecule has 0 aliphatic heterocycles. The molecule has 19 heavy (non-hydrogen) atoms. The standard InChI is InChI=1S/C15H17N3O/c1-19-10-12-9-18(14-13(12)5-4-8-17-14)15(11-16)6-2-3-7-15/h4-5,8-9H,2-3,6-7,10H2,1H3. The van der Waals surface area contributed by atoms with Crippen LogP contribution in [0.15, 0.2) is 24.5 Å². The molecule has 2 heterocycles. The Bertz CT molecular complexity index is 632. The van der Waals surface area contributed by atoms with E-state index in [1.54, 1.807) is 13.3 Å². The van der Waals surface area contributed by atoms with Crippen LogP contribution in [0.5, 0.6) is 0 Å². The lowest BCUT2D eigenvalue weighted by molar-refractivity contribution is 0.185. The molecule has 0 unspecified atom stereocenters. The summed E-state index contributed by atoms with van der Waals surface area (Å²) < 4.78 is 7.33. The lowest BCUT2D eigenvalue weighted by Gasteiger charge is -2.23. The highest BCUT2D eigenvalue weighted by Crippen LogP contribution is 2.39. The van der Waals surface area contributed by atoms with E-state index in [9.17, 15) is 5.26 Å². The molecule has 0 amide bonds. The summed E-state index contributed by atoms with van der Waals surface area (Å²) in [5, 5.41) is 10.7. The Hall–Kier alpha value is -1.86. The van der Waals surface area contributed by atoms with Crippen LogP contribution < -0.4 is 0 Å². The Morgan fingerprint density at radius 1 is 1.47 bits per heavy atom. The Kier molecular flexibility index (Phi) is 3.00. The number of rotatable bonds is 3.